The molecule has 7 heterocycles. The number of benzene rings is 2. The first-order valence-corrected chi connectivity index (χ1v) is 36.1. The summed E-state index contributed by atoms with van der Waals surface area (Å²) in [4.78, 5) is 37.1. The van der Waals surface area contributed by atoms with Crippen molar-refractivity contribution in [2.75, 3.05) is 6.61 Å². The van der Waals surface area contributed by atoms with Gasteiger partial charge in [-0.3, -0.25) is 19.6 Å². The predicted octanol–water partition coefficient (Wildman–Crippen LogP) is 27.1. The molecule has 0 radical (unpaired) electrons. The first-order chi connectivity index (χ1) is 48.2. The summed E-state index contributed by atoms with van der Waals surface area (Å²) in [6.07, 6.45) is 2.29. The third-order valence-electron chi connectivity index (χ3n) is 14.4. The summed E-state index contributed by atoms with van der Waals surface area (Å²) in [5.74, 6) is 1.94. The van der Waals surface area contributed by atoms with Crippen LogP contribution in [0, 0.1) is 70.6 Å². The highest BCUT2D eigenvalue weighted by molar-refractivity contribution is 6.31. The average molecular weight is 1590 g/mol. The number of ether oxygens (including phenoxy) is 1. The van der Waals surface area contributed by atoms with Crippen LogP contribution in [0.25, 0.3) is 0 Å². The molecule has 0 saturated heterocycles. The van der Waals surface area contributed by atoms with E-state index >= 15 is 0 Å². The van der Waals surface area contributed by atoms with E-state index in [4.69, 9.17) is 62.7 Å². The summed E-state index contributed by atoms with van der Waals surface area (Å²) in [6.45, 7) is 48.7. The minimum atomic E-state index is -4.19. The van der Waals surface area contributed by atoms with Crippen LogP contribution in [0.2, 0.25) is 25.6 Å². The van der Waals surface area contributed by atoms with E-state index in [1.54, 1.807) is 32.2 Å². The molecule has 0 spiro atoms. The van der Waals surface area contributed by atoms with Crippen molar-refractivity contribution in [1.82, 2.24) is 54.6 Å². The third kappa shape index (κ3) is 38.7. The van der Waals surface area contributed by atoms with E-state index in [-0.39, 0.29) is 59.5 Å². The SMILES string of the molecule is C.C.CC(C)c1ccc(F)c(Cl)n1.CC(C)c1cnn(CC(F)(F)F)c1.CCOc1cccc(C(C)C)n1.Cc1c(F)c(Cl)cc(C(C)C)c1F.Cc1cc(C(C)C)cc(F)c1F.Cc1cc(Cl)cc(C(C)C)n1.Cc1ccc(Cl)nc1C(C)C.Cc1cncc(C(C)C)n1.Cc1nc(Cl)nc(C(C)C)n1. The molecule has 0 aliphatic rings. The molecule has 0 N–H and O–H groups in total. The normalized spacial score (nSPS) is 10.7. The maximum Gasteiger partial charge on any atom is 0.408 e. The molecule has 106 heavy (non-hydrogen) atoms. The minimum Gasteiger partial charge on any atom is -0.478 e. The molecular formula is C81H112Cl5F8N11O. The van der Waals surface area contributed by atoms with Crippen molar-refractivity contribution >= 4 is 58.0 Å². The standard InChI is InChI=1S/C10H11ClF2.C10H12F2.C10H15NO.2C9H12ClN.C8H9ClFN.C8H11F3N2.C8H12N2.C7H10ClN3.2CH4/c1-5(2)7-4-8(11)10(13)6(3)9(7)12;1-6(2)8-4-7(3)10(12)9(11)5-8;1-4-12-10-7-5-6-9(11-10)8(2)3;1-6(2)9-5-8(10)4-7(3)11-9;1-6(2)9-7(3)4-5-8(10)11-9;1-5(2)7-4-3-6(10)8(9)11-7;1-6(2)7-3-12-13(4-7)5-8(9,10)11;1-6(2)8-5-9-4-7(3)10-8;1-4(2)6-9-5(3)10-7(8)11-6;;/h4-5H,1-3H3;4-6H,1-3H3;5-8H,4H2,1-3H3;2*4-6H,1-3H3;3-5H,1-2H3;3-4,6H,5H2,1-2H3;4-6H,1-3H3;4H,1-3H3;2*1H4. The van der Waals surface area contributed by atoms with Gasteiger partial charge in [0.1, 0.15) is 35.0 Å². The lowest BCUT2D eigenvalue weighted by Gasteiger charge is -2.10. The van der Waals surface area contributed by atoms with Crippen LogP contribution >= 0.6 is 58.0 Å². The van der Waals surface area contributed by atoms with Crippen molar-refractivity contribution in [2.45, 2.75) is 254 Å². The fraction of sp³-hybridized carbons (Fsp3) is 0.481. The Hall–Kier alpha value is -6.97. The number of rotatable bonds is 12. The lowest BCUT2D eigenvalue weighted by Crippen LogP contribution is -2.17. The number of pyridine rings is 4. The molecule has 0 atom stereocenters. The number of halogens is 13. The van der Waals surface area contributed by atoms with Gasteiger partial charge in [0, 0.05) is 69.6 Å². The van der Waals surface area contributed by atoms with E-state index < -0.39 is 41.8 Å². The molecule has 12 nitrogen and oxygen atoms in total. The highest BCUT2D eigenvalue weighted by Gasteiger charge is 2.28. The van der Waals surface area contributed by atoms with Gasteiger partial charge >= 0.3 is 6.18 Å². The summed E-state index contributed by atoms with van der Waals surface area (Å²) in [5, 5.41) is 5.20. The van der Waals surface area contributed by atoms with E-state index in [1.165, 1.54) is 43.1 Å². The quantitative estimate of drug-likeness (QED) is 0.0655. The summed E-state index contributed by atoms with van der Waals surface area (Å²) < 4.78 is 107. The van der Waals surface area contributed by atoms with Gasteiger partial charge in [0.05, 0.1) is 29.2 Å². The van der Waals surface area contributed by atoms with Gasteiger partial charge < -0.3 is 4.74 Å². The van der Waals surface area contributed by atoms with E-state index in [1.807, 2.05) is 139 Å². The number of hydrogen-bond donors (Lipinski definition) is 0. The van der Waals surface area contributed by atoms with Gasteiger partial charge in [-0.15, -0.1) is 0 Å². The zero-order valence-corrected chi connectivity index (χ0v) is 68.4. The molecule has 0 bridgehead atoms. The van der Waals surface area contributed by atoms with Gasteiger partial charge in [0.15, 0.2) is 22.6 Å². The minimum absolute atomic E-state index is 0. The summed E-state index contributed by atoms with van der Waals surface area (Å²) in [5.41, 5.74) is 10.8. The highest BCUT2D eigenvalue weighted by Crippen LogP contribution is 2.29. The van der Waals surface area contributed by atoms with Crippen LogP contribution in [-0.4, -0.2) is 67.4 Å². The lowest BCUT2D eigenvalue weighted by atomic mass is 10.00. The Bertz CT molecular complexity index is 3920. The summed E-state index contributed by atoms with van der Waals surface area (Å²) in [6, 6.07) is 20.8. The zero-order valence-electron chi connectivity index (χ0n) is 64.6. The molecule has 0 amide bonds. The molecule has 9 rings (SSSR count). The van der Waals surface area contributed by atoms with E-state index in [2.05, 4.69) is 112 Å². The van der Waals surface area contributed by atoms with Crippen molar-refractivity contribution in [3.05, 3.63) is 237 Å². The first kappa shape index (κ1) is 101. The molecule has 0 aliphatic carbocycles. The van der Waals surface area contributed by atoms with Gasteiger partial charge in [0.25, 0.3) is 0 Å². The van der Waals surface area contributed by atoms with Crippen molar-refractivity contribution in [1.29, 1.82) is 0 Å². The third-order valence-corrected chi connectivity index (χ3v) is 15.6. The molecule has 588 valence electrons. The second-order valence-corrected chi connectivity index (χ2v) is 28.9. The molecule has 0 aliphatic heterocycles. The second kappa shape index (κ2) is 49.9. The molecular weight excluding hydrogens is 1470 g/mol. The van der Waals surface area contributed by atoms with Gasteiger partial charge in [0.2, 0.25) is 11.2 Å². The van der Waals surface area contributed by atoms with E-state index in [0.717, 1.165) is 72.4 Å². The fourth-order valence-electron chi connectivity index (χ4n) is 8.48. The summed E-state index contributed by atoms with van der Waals surface area (Å²) >= 11 is 28.3. The largest absolute Gasteiger partial charge is 0.478 e. The monoisotopic (exact) mass is 1580 g/mol. The van der Waals surface area contributed by atoms with Crippen LogP contribution in [-0.2, 0) is 6.54 Å². The number of aryl methyl sites for hydroxylation is 5. The van der Waals surface area contributed by atoms with Crippen LogP contribution in [0.5, 0.6) is 5.88 Å². The predicted molar refractivity (Wildman–Crippen MR) is 425 cm³/mol. The Morgan fingerprint density at radius 1 is 0.462 bits per heavy atom. The smallest absolute Gasteiger partial charge is 0.408 e. The number of hydrogen-bond acceptors (Lipinski definition) is 11. The average Bonchev–Trinajstić information content (AvgIpc) is 1.09. The van der Waals surface area contributed by atoms with Crippen molar-refractivity contribution in [3.63, 3.8) is 0 Å². The number of nitrogens with zero attached hydrogens (tertiary/aromatic N) is 11. The van der Waals surface area contributed by atoms with Gasteiger partial charge in [-0.1, -0.05) is 204 Å². The van der Waals surface area contributed by atoms with Crippen LogP contribution in [0.15, 0.2) is 97.6 Å². The van der Waals surface area contributed by atoms with E-state index in [9.17, 15) is 35.1 Å². The molecule has 0 saturated carbocycles. The Morgan fingerprint density at radius 3 is 1.47 bits per heavy atom. The maximum absolute atomic E-state index is 13.4. The number of aromatic nitrogens is 11. The lowest BCUT2D eigenvalue weighted by molar-refractivity contribution is -0.142. The van der Waals surface area contributed by atoms with Crippen molar-refractivity contribution in [3.8, 4) is 5.88 Å². The molecule has 0 fully saturated rings. The molecule has 25 heteroatoms. The Labute approximate surface area is 652 Å². The second-order valence-electron chi connectivity index (χ2n) is 26.9. The number of alkyl halides is 3. The van der Waals surface area contributed by atoms with Crippen molar-refractivity contribution in [2.24, 2.45) is 0 Å². The van der Waals surface area contributed by atoms with Gasteiger partial charge in [-0.05, 0) is 184 Å². The van der Waals surface area contributed by atoms with Crippen molar-refractivity contribution < 1.29 is 39.9 Å². The molecule has 7 aromatic heterocycles. The van der Waals surface area contributed by atoms with Crippen LogP contribution in [0.4, 0.5) is 35.1 Å². The Morgan fingerprint density at radius 2 is 1.03 bits per heavy atom. The van der Waals surface area contributed by atoms with Crippen LogP contribution in [0.3, 0.4) is 0 Å². The molecule has 9 aromatic rings. The van der Waals surface area contributed by atoms with Crippen LogP contribution < -0.4 is 4.74 Å². The fourth-order valence-corrected chi connectivity index (χ4v) is 9.53. The van der Waals surface area contributed by atoms with Crippen LogP contribution in [0.1, 0.15) is 285 Å². The maximum atomic E-state index is 13.4. The topological polar surface area (TPSA) is 143 Å². The Kier molecular flexibility index (Phi) is 47.6. The van der Waals surface area contributed by atoms with Gasteiger partial charge in [-0.25, -0.2) is 51.9 Å². The van der Waals surface area contributed by atoms with E-state index in [0.29, 0.717) is 58.3 Å². The summed E-state index contributed by atoms with van der Waals surface area (Å²) in [7, 11) is 0. The highest BCUT2D eigenvalue weighted by atomic mass is 35.5. The Balaban J connectivity index is 0. The van der Waals surface area contributed by atoms with Gasteiger partial charge in [-0.2, -0.15) is 18.3 Å². The zero-order chi connectivity index (χ0) is 79.8. The molecule has 2 aromatic carbocycles. The first-order valence-electron chi connectivity index (χ1n) is 34.2. The molecule has 0 unspecified atom stereocenters.